The molecule has 10 aromatic rings. The van der Waals surface area contributed by atoms with Crippen LogP contribution in [0, 0.1) is 19.2 Å². The van der Waals surface area contributed by atoms with E-state index in [1.807, 2.05) is 47.5 Å². The number of nitrogens with one attached hydrogen (secondary N) is 1. The van der Waals surface area contributed by atoms with E-state index in [1.54, 1.807) is 0 Å². The first-order chi connectivity index (χ1) is 29.9. The second-order valence-electron chi connectivity index (χ2n) is 17.9. The van der Waals surface area contributed by atoms with E-state index in [9.17, 15) is 0 Å². The van der Waals surface area contributed by atoms with Gasteiger partial charge in [-0.05, 0) is 68.1 Å². The Morgan fingerprint density at radius 3 is 1.98 bits per heavy atom. The predicted molar refractivity (Wildman–Crippen MR) is 262 cm³/mol. The molecular weight excluding hydrogens is 971 g/mol. The predicted octanol–water partition coefficient (Wildman–Crippen LogP) is 16.2. The van der Waals surface area contributed by atoms with Gasteiger partial charge in [-0.3, -0.25) is 7.05 Å². The fourth-order valence-corrected chi connectivity index (χ4v) is 11.9. The van der Waals surface area contributed by atoms with E-state index in [-0.39, 0.29) is 31.6 Å². The molecule has 1 N–H and O–H groups in total. The first kappa shape index (κ1) is 42.2. The molecule has 0 saturated heterocycles. The third-order valence-corrected chi connectivity index (χ3v) is 14.7. The monoisotopic (exact) mass is 1020 g/mol. The van der Waals surface area contributed by atoms with Crippen molar-refractivity contribution in [3.8, 4) is 39.6 Å². The third-order valence-electron chi connectivity index (χ3n) is 11.7. The Balaban J connectivity index is 0.00000504. The first-order valence-electron chi connectivity index (χ1n) is 21.2. The van der Waals surface area contributed by atoms with Crippen LogP contribution in [0.1, 0.15) is 47.1 Å². The Hall–Kier alpha value is -6.12. The molecule has 0 spiro atoms. The van der Waals surface area contributed by atoms with Crippen LogP contribution < -0.4 is 15.0 Å². The van der Waals surface area contributed by atoms with Crippen molar-refractivity contribution in [3.63, 3.8) is 0 Å². The molecule has 10 rings (SSSR count). The number of para-hydroxylation sites is 3. The minimum absolute atomic E-state index is 0. The molecule has 7 aromatic carbocycles. The number of hydrogen-bond acceptors (Lipinski definition) is 4. The van der Waals surface area contributed by atoms with Crippen molar-refractivity contribution in [2.24, 2.45) is 0 Å². The standard InChI is InChI=1S/C56H48N4OP.Pt/c1-55(2,3)39-31-32-57-51(33-39)60-47-29-18-30-49-52(47)53-48(60)35-42(36-50(53)62(49)56(4,5)6)61-41-24-16-23-40(34-41)58-45-27-14-15-28-46(45)59(7)54-43(37-19-10-8-11-20-37)25-17-26-44(54)38-21-12-9-13-22-38;/h8-33,36,58H,7H2,1-6H3;/q-3;. The zero-order valence-electron chi connectivity index (χ0n) is 36.3. The molecule has 0 aliphatic carbocycles. The van der Waals surface area contributed by atoms with Crippen LogP contribution in [-0.4, -0.2) is 9.55 Å². The Morgan fingerprint density at radius 1 is 0.651 bits per heavy atom. The maximum Gasteiger partial charge on any atom is 0.135 e. The number of hydrogen-bond donors (Lipinski definition) is 1. The molecule has 63 heavy (non-hydrogen) atoms. The summed E-state index contributed by atoms with van der Waals surface area (Å²) in [6.45, 7) is 13.8. The fourth-order valence-electron chi connectivity index (χ4n) is 8.87. The molecule has 1 unspecified atom stereocenters. The molecular formula is C56H48N4OPPt-3. The zero-order chi connectivity index (χ0) is 42.8. The van der Waals surface area contributed by atoms with Gasteiger partial charge in [0.2, 0.25) is 0 Å². The van der Waals surface area contributed by atoms with E-state index in [2.05, 4.69) is 185 Å². The van der Waals surface area contributed by atoms with Gasteiger partial charge in [-0.1, -0.05) is 161 Å². The minimum Gasteiger partial charge on any atom is -0.509 e. The largest absolute Gasteiger partial charge is 0.509 e. The summed E-state index contributed by atoms with van der Waals surface area (Å²) in [4.78, 5) is 6.99. The van der Waals surface area contributed by atoms with E-state index in [0.29, 0.717) is 11.5 Å². The summed E-state index contributed by atoms with van der Waals surface area (Å²) >= 11 is 0. The summed E-state index contributed by atoms with van der Waals surface area (Å²) in [7, 11) is 4.02. The average Bonchev–Trinajstić information content (AvgIpc) is 3.80. The average molecular weight is 1020 g/mol. The first-order valence-corrected chi connectivity index (χ1v) is 22.5. The molecule has 0 bridgehead atoms. The molecule has 316 valence electrons. The van der Waals surface area contributed by atoms with Gasteiger partial charge < -0.3 is 19.5 Å². The van der Waals surface area contributed by atoms with Crippen LogP contribution in [0.25, 0.3) is 60.1 Å². The number of aromatic nitrogens is 2. The number of benzene rings is 7. The Bertz CT molecular complexity index is 3170. The van der Waals surface area contributed by atoms with E-state index in [0.717, 1.165) is 61.9 Å². The normalized spacial score (nSPS) is 12.2. The summed E-state index contributed by atoms with van der Waals surface area (Å²) in [5, 5.41) is 8.99. The van der Waals surface area contributed by atoms with Crippen LogP contribution in [0.2, 0.25) is 0 Å². The van der Waals surface area contributed by atoms with Gasteiger partial charge in [0.25, 0.3) is 0 Å². The van der Waals surface area contributed by atoms with E-state index >= 15 is 0 Å². The molecule has 3 heterocycles. The molecule has 0 aliphatic heterocycles. The topological polar surface area (TPSA) is 42.3 Å². The van der Waals surface area contributed by atoms with Crippen LogP contribution in [0.5, 0.6) is 11.5 Å². The van der Waals surface area contributed by atoms with Gasteiger partial charge in [-0.2, -0.15) is 6.07 Å². The quantitative estimate of drug-likeness (QED) is 0.146. The van der Waals surface area contributed by atoms with Crippen LogP contribution in [0.3, 0.4) is 0 Å². The van der Waals surface area contributed by atoms with Crippen molar-refractivity contribution >= 4 is 62.3 Å². The summed E-state index contributed by atoms with van der Waals surface area (Å²) < 4.78 is 9.07. The third kappa shape index (κ3) is 7.73. The summed E-state index contributed by atoms with van der Waals surface area (Å²) in [5.74, 6) is 2.13. The van der Waals surface area contributed by atoms with E-state index in [4.69, 9.17) is 16.8 Å². The van der Waals surface area contributed by atoms with Gasteiger partial charge in [-0.15, -0.1) is 43.0 Å². The summed E-state index contributed by atoms with van der Waals surface area (Å²) in [6, 6.07) is 62.3. The van der Waals surface area contributed by atoms with E-state index < -0.39 is 7.53 Å². The molecule has 0 fully saturated rings. The van der Waals surface area contributed by atoms with Crippen molar-refractivity contribution in [2.75, 3.05) is 10.2 Å². The molecule has 0 amide bonds. The number of rotatable bonds is 9. The van der Waals surface area contributed by atoms with E-state index in [1.165, 1.54) is 26.6 Å². The number of pyridine rings is 1. The second kappa shape index (κ2) is 16.5. The molecule has 5 nitrogen and oxygen atoms in total. The number of nitrogens with zero attached hydrogens (tertiary/aromatic N) is 3. The van der Waals surface area contributed by atoms with Crippen molar-refractivity contribution in [1.82, 2.24) is 9.55 Å². The van der Waals surface area contributed by atoms with Gasteiger partial charge in [0.1, 0.15) is 5.82 Å². The molecule has 0 saturated carbocycles. The van der Waals surface area contributed by atoms with Crippen molar-refractivity contribution in [1.29, 1.82) is 0 Å². The van der Waals surface area contributed by atoms with Gasteiger partial charge >= 0.3 is 0 Å². The summed E-state index contributed by atoms with van der Waals surface area (Å²) in [5.41, 5.74) is 11.4. The molecule has 7 heteroatoms. The SMILES string of the molecule is [CH2-]N(c1ccccc1Nc1[c-]c(Oc2[c-]c3c4c5c(cccc5p(C(C)(C)C)c4c2)n3-c2cc(C(C)(C)C)ccn2)ccc1)c1c(-c2ccccc2)cccc1-c1ccccc1.[Pt]. The van der Waals surface area contributed by atoms with Gasteiger partial charge in [-0.25, -0.2) is 4.98 Å². The molecule has 0 radical (unpaired) electrons. The Labute approximate surface area is 386 Å². The molecule has 0 aliphatic rings. The Morgan fingerprint density at radius 2 is 1.30 bits per heavy atom. The van der Waals surface area contributed by atoms with Crippen molar-refractivity contribution in [3.05, 3.63) is 189 Å². The number of ether oxygens (including phenoxy) is 1. The van der Waals surface area contributed by atoms with Gasteiger partial charge in [0, 0.05) is 66.8 Å². The van der Waals surface area contributed by atoms with Crippen LogP contribution in [0.4, 0.5) is 22.7 Å². The molecule has 3 aromatic heterocycles. The Kier molecular flexibility index (Phi) is 11.1. The smallest absolute Gasteiger partial charge is 0.135 e. The summed E-state index contributed by atoms with van der Waals surface area (Å²) in [6.07, 6.45) is 1.93. The zero-order valence-corrected chi connectivity index (χ0v) is 39.5. The maximum atomic E-state index is 6.80. The van der Waals surface area contributed by atoms with Crippen LogP contribution in [0.15, 0.2) is 164 Å². The maximum absolute atomic E-state index is 6.80. The van der Waals surface area contributed by atoms with Crippen LogP contribution in [-0.2, 0) is 31.6 Å². The van der Waals surface area contributed by atoms with Crippen molar-refractivity contribution in [2.45, 2.75) is 52.1 Å². The van der Waals surface area contributed by atoms with Gasteiger partial charge in [0.15, 0.2) is 0 Å². The van der Waals surface area contributed by atoms with Crippen LogP contribution >= 0.6 is 7.53 Å². The minimum atomic E-state index is -0.681. The second-order valence-corrected chi connectivity index (χ2v) is 20.9. The van der Waals surface area contributed by atoms with Crippen molar-refractivity contribution < 1.29 is 25.8 Å². The number of anilines is 4. The fraction of sp³-hybridized carbons (Fsp3) is 0.143. The van der Waals surface area contributed by atoms with Gasteiger partial charge in [0.05, 0.1) is 5.69 Å². The molecule has 1 atom stereocenters.